The van der Waals surface area contributed by atoms with Gasteiger partial charge in [0.1, 0.15) is 10.6 Å². The van der Waals surface area contributed by atoms with Crippen LogP contribution in [0, 0.1) is 0 Å². The SMILES string of the molecule is CSc1ncc(S(=O)(=O)c2ccccc2)c(C=O)n1. The molecule has 5 nitrogen and oxygen atoms in total. The molecule has 98 valence electrons. The molecule has 0 amide bonds. The van der Waals surface area contributed by atoms with Crippen LogP contribution >= 0.6 is 11.8 Å². The molecule has 0 aliphatic rings. The molecule has 1 aromatic carbocycles. The van der Waals surface area contributed by atoms with Gasteiger partial charge in [-0.2, -0.15) is 0 Å². The molecule has 0 bridgehead atoms. The predicted molar refractivity (Wildman–Crippen MR) is 71.1 cm³/mol. The number of carbonyl (C=O) groups is 1. The Labute approximate surface area is 115 Å². The van der Waals surface area contributed by atoms with Gasteiger partial charge in [-0.3, -0.25) is 4.79 Å². The van der Waals surface area contributed by atoms with Gasteiger partial charge in [-0.1, -0.05) is 30.0 Å². The van der Waals surface area contributed by atoms with E-state index in [2.05, 4.69) is 9.97 Å². The van der Waals surface area contributed by atoms with Crippen molar-refractivity contribution < 1.29 is 13.2 Å². The quantitative estimate of drug-likeness (QED) is 0.486. The first-order chi connectivity index (χ1) is 9.09. The molecule has 1 aromatic heterocycles. The minimum atomic E-state index is -3.77. The van der Waals surface area contributed by atoms with Gasteiger partial charge in [0.15, 0.2) is 11.4 Å². The fraction of sp³-hybridized carbons (Fsp3) is 0.0833. The van der Waals surface area contributed by atoms with E-state index in [1.54, 1.807) is 24.5 Å². The smallest absolute Gasteiger partial charge is 0.210 e. The molecule has 0 atom stereocenters. The van der Waals surface area contributed by atoms with Crippen molar-refractivity contribution in [1.29, 1.82) is 0 Å². The highest BCUT2D eigenvalue weighted by molar-refractivity contribution is 7.98. The zero-order valence-corrected chi connectivity index (χ0v) is 11.6. The fourth-order valence-corrected chi connectivity index (χ4v) is 3.16. The van der Waals surface area contributed by atoms with Crippen LogP contribution in [0.15, 0.2) is 51.5 Å². The topological polar surface area (TPSA) is 77.0 Å². The molecule has 0 fully saturated rings. The van der Waals surface area contributed by atoms with Gasteiger partial charge in [-0.25, -0.2) is 18.4 Å². The van der Waals surface area contributed by atoms with E-state index in [1.807, 2.05) is 0 Å². The zero-order valence-electron chi connectivity index (χ0n) is 9.98. The third-order valence-electron chi connectivity index (χ3n) is 2.40. The van der Waals surface area contributed by atoms with Crippen LogP contribution in [0.5, 0.6) is 0 Å². The van der Waals surface area contributed by atoms with Gasteiger partial charge in [0, 0.05) is 0 Å². The lowest BCUT2D eigenvalue weighted by atomic mass is 10.4. The van der Waals surface area contributed by atoms with Crippen LogP contribution in [-0.2, 0) is 9.84 Å². The van der Waals surface area contributed by atoms with E-state index in [9.17, 15) is 13.2 Å². The van der Waals surface area contributed by atoms with Crippen molar-refractivity contribution in [3.63, 3.8) is 0 Å². The number of thioether (sulfide) groups is 1. The van der Waals surface area contributed by atoms with E-state index >= 15 is 0 Å². The molecule has 0 spiro atoms. The molecule has 0 saturated carbocycles. The van der Waals surface area contributed by atoms with Crippen LogP contribution in [0.1, 0.15) is 10.5 Å². The van der Waals surface area contributed by atoms with Crippen molar-refractivity contribution in [3.05, 3.63) is 42.2 Å². The van der Waals surface area contributed by atoms with Crippen molar-refractivity contribution >= 4 is 27.9 Å². The lowest BCUT2D eigenvalue weighted by molar-refractivity contribution is 0.111. The third-order valence-corrected chi connectivity index (χ3v) is 4.75. The molecule has 2 aromatic rings. The number of aromatic nitrogens is 2. The van der Waals surface area contributed by atoms with E-state index in [0.29, 0.717) is 11.4 Å². The van der Waals surface area contributed by atoms with Gasteiger partial charge in [0.05, 0.1) is 11.1 Å². The molecule has 0 aliphatic heterocycles. The Balaban J connectivity index is 2.62. The molecule has 7 heteroatoms. The van der Waals surface area contributed by atoms with Crippen LogP contribution in [0.25, 0.3) is 0 Å². The van der Waals surface area contributed by atoms with Crippen molar-refractivity contribution in [2.24, 2.45) is 0 Å². The minimum Gasteiger partial charge on any atom is -0.296 e. The molecule has 0 aliphatic carbocycles. The Kier molecular flexibility index (Phi) is 3.96. The number of carbonyl (C=O) groups excluding carboxylic acids is 1. The first-order valence-electron chi connectivity index (χ1n) is 5.26. The van der Waals surface area contributed by atoms with Gasteiger partial charge >= 0.3 is 0 Å². The summed E-state index contributed by atoms with van der Waals surface area (Å²) < 4.78 is 24.7. The normalized spacial score (nSPS) is 11.2. The van der Waals surface area contributed by atoms with Gasteiger partial charge in [0.25, 0.3) is 0 Å². The van der Waals surface area contributed by atoms with Crippen LogP contribution in [0.2, 0.25) is 0 Å². The number of hydrogen-bond acceptors (Lipinski definition) is 6. The molecule has 0 saturated heterocycles. The van der Waals surface area contributed by atoms with E-state index < -0.39 is 9.84 Å². The summed E-state index contributed by atoms with van der Waals surface area (Å²) in [4.78, 5) is 18.8. The maximum atomic E-state index is 12.4. The monoisotopic (exact) mass is 294 g/mol. The number of aldehydes is 1. The van der Waals surface area contributed by atoms with Crippen LogP contribution < -0.4 is 0 Å². The number of sulfone groups is 1. The summed E-state index contributed by atoms with van der Waals surface area (Å²) in [7, 11) is -3.77. The average molecular weight is 294 g/mol. The highest BCUT2D eigenvalue weighted by Gasteiger charge is 2.22. The first kappa shape index (κ1) is 13.7. The predicted octanol–water partition coefficient (Wildman–Crippen LogP) is 1.84. The Morgan fingerprint density at radius 2 is 1.89 bits per heavy atom. The van der Waals surface area contributed by atoms with Crippen LogP contribution in [0.4, 0.5) is 0 Å². The Hall–Kier alpha value is -1.73. The number of nitrogens with zero attached hydrogens (tertiary/aromatic N) is 2. The lowest BCUT2D eigenvalue weighted by Gasteiger charge is -2.06. The number of benzene rings is 1. The molecular weight excluding hydrogens is 284 g/mol. The summed E-state index contributed by atoms with van der Waals surface area (Å²) in [6, 6.07) is 7.88. The van der Waals surface area contributed by atoms with E-state index in [-0.39, 0.29) is 15.5 Å². The molecule has 19 heavy (non-hydrogen) atoms. The van der Waals surface area contributed by atoms with Crippen molar-refractivity contribution in [1.82, 2.24) is 9.97 Å². The Morgan fingerprint density at radius 3 is 2.47 bits per heavy atom. The third kappa shape index (κ3) is 2.66. The van der Waals surface area contributed by atoms with E-state index in [0.717, 1.165) is 0 Å². The van der Waals surface area contributed by atoms with Crippen molar-refractivity contribution in [2.45, 2.75) is 14.9 Å². The van der Waals surface area contributed by atoms with Gasteiger partial charge < -0.3 is 0 Å². The highest BCUT2D eigenvalue weighted by Crippen LogP contribution is 2.22. The largest absolute Gasteiger partial charge is 0.296 e. The van der Waals surface area contributed by atoms with Gasteiger partial charge in [0.2, 0.25) is 9.84 Å². The summed E-state index contributed by atoms with van der Waals surface area (Å²) in [6.45, 7) is 0. The fourth-order valence-electron chi connectivity index (χ4n) is 1.48. The first-order valence-corrected chi connectivity index (χ1v) is 7.96. The van der Waals surface area contributed by atoms with E-state index in [1.165, 1.54) is 30.1 Å². The van der Waals surface area contributed by atoms with Crippen LogP contribution in [0.3, 0.4) is 0 Å². The molecule has 2 rings (SSSR count). The number of rotatable bonds is 4. The number of hydrogen-bond donors (Lipinski definition) is 0. The van der Waals surface area contributed by atoms with Gasteiger partial charge in [-0.15, -0.1) is 0 Å². The second-order valence-corrected chi connectivity index (χ2v) is 6.23. The summed E-state index contributed by atoms with van der Waals surface area (Å²) >= 11 is 1.24. The maximum Gasteiger partial charge on any atom is 0.210 e. The maximum absolute atomic E-state index is 12.4. The van der Waals surface area contributed by atoms with Crippen LogP contribution in [-0.4, -0.2) is 30.9 Å². The van der Waals surface area contributed by atoms with Crippen molar-refractivity contribution in [2.75, 3.05) is 6.26 Å². The second-order valence-electron chi connectivity index (χ2n) is 3.54. The molecule has 1 heterocycles. The zero-order chi connectivity index (χ0) is 13.9. The second kappa shape index (κ2) is 5.50. The Bertz CT molecular complexity index is 700. The Morgan fingerprint density at radius 1 is 1.21 bits per heavy atom. The molecule has 0 N–H and O–H groups in total. The summed E-state index contributed by atoms with van der Waals surface area (Å²) in [5, 5.41) is 0.356. The van der Waals surface area contributed by atoms with Crippen molar-refractivity contribution in [3.8, 4) is 0 Å². The molecule has 0 radical (unpaired) electrons. The lowest BCUT2D eigenvalue weighted by Crippen LogP contribution is -2.08. The highest BCUT2D eigenvalue weighted by atomic mass is 32.2. The van der Waals surface area contributed by atoms with Gasteiger partial charge in [-0.05, 0) is 18.4 Å². The van der Waals surface area contributed by atoms with E-state index in [4.69, 9.17) is 0 Å². The summed E-state index contributed by atoms with van der Waals surface area (Å²) in [5.41, 5.74) is -0.122. The molecule has 0 unspecified atom stereocenters. The molecular formula is C12H10N2O3S2. The summed E-state index contributed by atoms with van der Waals surface area (Å²) in [5.74, 6) is 0. The minimum absolute atomic E-state index is 0.110. The average Bonchev–Trinajstić information content (AvgIpc) is 2.47. The standard InChI is InChI=1S/C12H10N2O3S2/c1-18-12-13-7-11(10(8-15)14-12)19(16,17)9-5-3-2-4-6-9/h2-8H,1H3. The summed E-state index contributed by atoms with van der Waals surface area (Å²) in [6.07, 6.45) is 3.34.